The van der Waals surface area contributed by atoms with Crippen molar-refractivity contribution in [2.75, 3.05) is 25.0 Å². The molecule has 1 atom stereocenters. The van der Waals surface area contributed by atoms with E-state index >= 15 is 0 Å². The molecule has 0 aliphatic carbocycles. The van der Waals surface area contributed by atoms with Gasteiger partial charge in [0.05, 0.1) is 6.61 Å². The monoisotopic (exact) mass is 234 g/mol. The summed E-state index contributed by atoms with van der Waals surface area (Å²) >= 11 is 0. The summed E-state index contributed by atoms with van der Waals surface area (Å²) < 4.78 is 5.72. The molecule has 0 saturated carbocycles. The molecule has 0 spiro atoms. The van der Waals surface area contributed by atoms with E-state index in [1.54, 1.807) is 0 Å². The molecule has 1 heterocycles. The molecule has 92 valence electrons. The molecule has 2 rings (SSSR count). The lowest BCUT2D eigenvalue weighted by molar-refractivity contribution is -0.114. The molecular weight excluding hydrogens is 216 g/mol. The van der Waals surface area contributed by atoms with Crippen LogP contribution < -0.4 is 15.4 Å². The third kappa shape index (κ3) is 3.75. The first-order valence-electron chi connectivity index (χ1n) is 5.95. The van der Waals surface area contributed by atoms with Crippen LogP contribution in [0.4, 0.5) is 5.69 Å². The average molecular weight is 234 g/mol. The van der Waals surface area contributed by atoms with E-state index in [4.69, 9.17) is 4.74 Å². The van der Waals surface area contributed by atoms with Crippen molar-refractivity contribution < 1.29 is 9.53 Å². The van der Waals surface area contributed by atoms with Crippen LogP contribution in [0.1, 0.15) is 13.3 Å². The number of hydrogen-bond donors (Lipinski definition) is 2. The van der Waals surface area contributed by atoms with E-state index in [9.17, 15) is 4.79 Å². The molecule has 1 aliphatic heterocycles. The van der Waals surface area contributed by atoms with Gasteiger partial charge in [0.2, 0.25) is 5.91 Å². The number of amides is 1. The maximum absolute atomic E-state index is 10.9. The first-order chi connectivity index (χ1) is 8.24. The van der Waals surface area contributed by atoms with Crippen LogP contribution in [0.5, 0.6) is 5.75 Å². The number of ether oxygens (including phenoxy) is 1. The van der Waals surface area contributed by atoms with Gasteiger partial charge in [0.25, 0.3) is 0 Å². The first-order valence-corrected chi connectivity index (χ1v) is 5.95. The fraction of sp³-hybridized carbons (Fsp3) is 0.462. The smallest absolute Gasteiger partial charge is 0.221 e. The summed E-state index contributed by atoms with van der Waals surface area (Å²) in [5.74, 6) is 1.34. The Kier molecular flexibility index (Phi) is 3.98. The van der Waals surface area contributed by atoms with Crippen molar-refractivity contribution in [1.29, 1.82) is 0 Å². The van der Waals surface area contributed by atoms with Crippen molar-refractivity contribution in [1.82, 2.24) is 5.32 Å². The van der Waals surface area contributed by atoms with Gasteiger partial charge in [-0.2, -0.15) is 0 Å². The minimum Gasteiger partial charge on any atom is -0.493 e. The standard InChI is InChI=1S/C13H18N2O2/c1-10(16)15-12-3-2-4-13(7-12)17-9-11-5-6-14-8-11/h2-4,7,11,14H,5-6,8-9H2,1H3,(H,15,16)/t11-/m1/s1. The number of anilines is 1. The summed E-state index contributed by atoms with van der Waals surface area (Å²) in [6, 6.07) is 7.50. The van der Waals surface area contributed by atoms with E-state index in [1.807, 2.05) is 24.3 Å². The average Bonchev–Trinajstić information content (AvgIpc) is 2.79. The largest absolute Gasteiger partial charge is 0.493 e. The molecule has 17 heavy (non-hydrogen) atoms. The van der Waals surface area contributed by atoms with Crippen LogP contribution in [0, 0.1) is 5.92 Å². The second kappa shape index (κ2) is 5.68. The fourth-order valence-electron chi connectivity index (χ4n) is 1.94. The second-order valence-corrected chi connectivity index (χ2v) is 4.38. The van der Waals surface area contributed by atoms with Gasteiger partial charge in [0, 0.05) is 31.1 Å². The molecule has 0 radical (unpaired) electrons. The lowest BCUT2D eigenvalue weighted by Gasteiger charge is -2.11. The van der Waals surface area contributed by atoms with E-state index in [2.05, 4.69) is 10.6 Å². The number of benzene rings is 1. The topological polar surface area (TPSA) is 50.4 Å². The Morgan fingerprint density at radius 1 is 1.59 bits per heavy atom. The summed E-state index contributed by atoms with van der Waals surface area (Å²) in [5, 5.41) is 6.05. The molecule has 0 unspecified atom stereocenters. The van der Waals surface area contributed by atoms with E-state index in [-0.39, 0.29) is 5.91 Å². The van der Waals surface area contributed by atoms with Gasteiger partial charge in [-0.3, -0.25) is 4.79 Å². The van der Waals surface area contributed by atoms with E-state index in [0.29, 0.717) is 5.92 Å². The summed E-state index contributed by atoms with van der Waals surface area (Å²) in [7, 11) is 0. The Morgan fingerprint density at radius 2 is 2.47 bits per heavy atom. The zero-order chi connectivity index (χ0) is 12.1. The SMILES string of the molecule is CC(=O)Nc1cccc(OC[C@@H]2CCNC2)c1. The molecule has 4 nitrogen and oxygen atoms in total. The zero-order valence-electron chi connectivity index (χ0n) is 10.0. The predicted molar refractivity (Wildman–Crippen MR) is 67.2 cm³/mol. The summed E-state index contributed by atoms with van der Waals surface area (Å²) in [5.41, 5.74) is 0.777. The van der Waals surface area contributed by atoms with Gasteiger partial charge in [0.15, 0.2) is 0 Å². The minimum absolute atomic E-state index is 0.0675. The molecule has 0 aromatic heterocycles. The molecule has 1 amide bonds. The van der Waals surface area contributed by atoms with Gasteiger partial charge in [-0.25, -0.2) is 0 Å². The molecule has 1 aromatic carbocycles. The summed E-state index contributed by atoms with van der Waals surface area (Å²) in [6.07, 6.45) is 1.17. The van der Waals surface area contributed by atoms with Gasteiger partial charge in [0.1, 0.15) is 5.75 Å². The molecule has 1 saturated heterocycles. The van der Waals surface area contributed by atoms with Crippen LogP contribution >= 0.6 is 0 Å². The number of hydrogen-bond acceptors (Lipinski definition) is 3. The normalized spacial score (nSPS) is 19.0. The Balaban J connectivity index is 1.88. The fourth-order valence-corrected chi connectivity index (χ4v) is 1.94. The van der Waals surface area contributed by atoms with E-state index < -0.39 is 0 Å². The van der Waals surface area contributed by atoms with Crippen LogP contribution in [0.25, 0.3) is 0 Å². The second-order valence-electron chi connectivity index (χ2n) is 4.38. The van der Waals surface area contributed by atoms with Crippen LogP contribution in [-0.4, -0.2) is 25.6 Å². The lowest BCUT2D eigenvalue weighted by atomic mass is 10.1. The van der Waals surface area contributed by atoms with Crippen molar-refractivity contribution in [2.24, 2.45) is 5.92 Å². The van der Waals surface area contributed by atoms with Gasteiger partial charge < -0.3 is 15.4 Å². The zero-order valence-corrected chi connectivity index (χ0v) is 10.0. The van der Waals surface area contributed by atoms with Crippen LogP contribution in [0.2, 0.25) is 0 Å². The molecule has 1 fully saturated rings. The highest BCUT2D eigenvalue weighted by atomic mass is 16.5. The van der Waals surface area contributed by atoms with Gasteiger partial charge >= 0.3 is 0 Å². The number of carbonyl (C=O) groups is 1. The Morgan fingerprint density at radius 3 is 3.18 bits per heavy atom. The van der Waals surface area contributed by atoms with Crippen molar-refractivity contribution in [2.45, 2.75) is 13.3 Å². The first kappa shape index (κ1) is 11.9. The predicted octanol–water partition coefficient (Wildman–Crippen LogP) is 1.63. The number of carbonyl (C=O) groups excluding carboxylic acids is 1. The van der Waals surface area contributed by atoms with Crippen molar-refractivity contribution >= 4 is 11.6 Å². The maximum Gasteiger partial charge on any atom is 0.221 e. The molecule has 1 aromatic rings. The molecule has 2 N–H and O–H groups in total. The van der Waals surface area contributed by atoms with Crippen LogP contribution in [-0.2, 0) is 4.79 Å². The third-order valence-electron chi connectivity index (χ3n) is 2.80. The van der Waals surface area contributed by atoms with Crippen LogP contribution in [0.15, 0.2) is 24.3 Å². The highest BCUT2D eigenvalue weighted by molar-refractivity contribution is 5.88. The van der Waals surface area contributed by atoms with Crippen LogP contribution in [0.3, 0.4) is 0 Å². The molecular formula is C13H18N2O2. The van der Waals surface area contributed by atoms with Gasteiger partial charge in [-0.1, -0.05) is 6.07 Å². The highest BCUT2D eigenvalue weighted by Crippen LogP contribution is 2.19. The van der Waals surface area contributed by atoms with Crippen molar-refractivity contribution in [3.63, 3.8) is 0 Å². The Hall–Kier alpha value is -1.55. The molecule has 1 aliphatic rings. The van der Waals surface area contributed by atoms with Gasteiger partial charge in [-0.15, -0.1) is 0 Å². The number of rotatable bonds is 4. The maximum atomic E-state index is 10.9. The van der Waals surface area contributed by atoms with E-state index in [1.165, 1.54) is 13.3 Å². The minimum atomic E-state index is -0.0675. The Bertz CT molecular complexity index is 387. The molecule has 4 heteroatoms. The van der Waals surface area contributed by atoms with E-state index in [0.717, 1.165) is 31.1 Å². The number of nitrogens with one attached hydrogen (secondary N) is 2. The third-order valence-corrected chi connectivity index (χ3v) is 2.80. The molecule has 0 bridgehead atoms. The quantitative estimate of drug-likeness (QED) is 0.832. The highest BCUT2D eigenvalue weighted by Gasteiger charge is 2.14. The van der Waals surface area contributed by atoms with Crippen molar-refractivity contribution in [3.05, 3.63) is 24.3 Å². The Labute approximate surface area is 101 Å². The van der Waals surface area contributed by atoms with Crippen molar-refractivity contribution in [3.8, 4) is 5.75 Å². The lowest BCUT2D eigenvalue weighted by Crippen LogP contribution is -2.15. The summed E-state index contributed by atoms with van der Waals surface area (Å²) in [4.78, 5) is 10.9. The summed E-state index contributed by atoms with van der Waals surface area (Å²) in [6.45, 7) is 4.35. The van der Waals surface area contributed by atoms with Gasteiger partial charge in [-0.05, 0) is 25.1 Å².